The van der Waals surface area contributed by atoms with Crippen molar-refractivity contribution >= 4 is 47.7 Å². The Morgan fingerprint density at radius 1 is 1.50 bits per heavy atom. The van der Waals surface area contributed by atoms with E-state index in [-0.39, 0.29) is 34.7 Å². The Balaban J connectivity index is 0.00000288. The molecule has 1 saturated heterocycles. The largest absolute Gasteiger partial charge is 0.465 e. The third kappa shape index (κ3) is 5.58. The van der Waals surface area contributed by atoms with Crippen LogP contribution in [0.25, 0.3) is 0 Å². The number of halogens is 1. The van der Waals surface area contributed by atoms with Crippen LogP contribution in [0.4, 0.5) is 0 Å². The van der Waals surface area contributed by atoms with Crippen LogP contribution < -0.4 is 10.6 Å². The zero-order valence-electron chi connectivity index (χ0n) is 14.6. The Kier molecular flexibility index (Phi) is 8.41. The average Bonchev–Trinajstić information content (AvgIpc) is 3.13. The summed E-state index contributed by atoms with van der Waals surface area (Å²) in [5.74, 6) is 2.81. The predicted molar refractivity (Wildman–Crippen MR) is 108 cm³/mol. The number of furan rings is 1. The summed E-state index contributed by atoms with van der Waals surface area (Å²) in [6.45, 7) is 5.37. The summed E-state index contributed by atoms with van der Waals surface area (Å²) in [7, 11) is 3.10. The number of aliphatic imine (C=N–C) groups is 1. The highest BCUT2D eigenvalue weighted by atomic mass is 127. The van der Waals surface area contributed by atoms with E-state index in [2.05, 4.69) is 22.5 Å². The monoisotopic (exact) mass is 467 g/mol. The van der Waals surface area contributed by atoms with Gasteiger partial charge < -0.3 is 19.8 Å². The average molecular weight is 467 g/mol. The number of aryl methyl sites for hydroxylation is 1. The Morgan fingerprint density at radius 2 is 2.25 bits per heavy atom. The lowest BCUT2D eigenvalue weighted by Gasteiger charge is -2.24. The molecule has 1 unspecified atom stereocenters. The van der Waals surface area contributed by atoms with Crippen molar-refractivity contribution in [2.24, 2.45) is 4.99 Å². The molecule has 2 heterocycles. The van der Waals surface area contributed by atoms with Crippen LogP contribution in [0.2, 0.25) is 0 Å². The van der Waals surface area contributed by atoms with Gasteiger partial charge in [0.15, 0.2) is 5.96 Å². The van der Waals surface area contributed by atoms with E-state index in [1.807, 2.05) is 11.8 Å². The van der Waals surface area contributed by atoms with Crippen LogP contribution in [-0.2, 0) is 11.3 Å². The van der Waals surface area contributed by atoms with E-state index in [0.29, 0.717) is 23.6 Å². The first-order valence-corrected chi connectivity index (χ1v) is 8.72. The minimum atomic E-state index is -0.383. The highest BCUT2D eigenvalue weighted by molar-refractivity contribution is 14.0. The first kappa shape index (κ1) is 21.1. The molecule has 1 fully saturated rings. The summed E-state index contributed by atoms with van der Waals surface area (Å²) in [5, 5.41) is 6.57. The van der Waals surface area contributed by atoms with Crippen molar-refractivity contribution in [2.75, 3.05) is 26.5 Å². The van der Waals surface area contributed by atoms with Gasteiger partial charge in [0.25, 0.3) is 0 Å². The standard InChI is InChI=1S/C16H25N3O3S.HI/c1-11-13(14(20)21-4)8-12(22-11)9-18-15(17-3)19-10-16(2)6-5-7-23-16;/h8H,5-7,9-10H2,1-4H3,(H2,17,18,19);1H. The number of methoxy groups -OCH3 is 1. The zero-order valence-corrected chi connectivity index (χ0v) is 17.7. The van der Waals surface area contributed by atoms with Gasteiger partial charge in [-0.05, 0) is 38.5 Å². The SMILES string of the molecule is CN=C(NCc1cc(C(=O)OC)c(C)o1)NCC1(C)CCCS1.I. The third-order valence-electron chi connectivity index (χ3n) is 3.96. The molecular formula is C16H26IN3O3S. The highest BCUT2D eigenvalue weighted by Gasteiger charge is 2.29. The van der Waals surface area contributed by atoms with E-state index < -0.39 is 0 Å². The van der Waals surface area contributed by atoms with Gasteiger partial charge in [-0.1, -0.05) is 0 Å². The molecule has 0 aromatic carbocycles. The first-order valence-electron chi connectivity index (χ1n) is 7.73. The molecule has 1 aromatic rings. The van der Waals surface area contributed by atoms with Gasteiger partial charge in [-0.15, -0.1) is 24.0 Å². The Morgan fingerprint density at radius 3 is 2.83 bits per heavy atom. The number of rotatable bonds is 5. The molecular weight excluding hydrogens is 441 g/mol. The van der Waals surface area contributed by atoms with Crippen LogP contribution in [0.1, 0.15) is 41.6 Å². The fourth-order valence-electron chi connectivity index (χ4n) is 2.58. The van der Waals surface area contributed by atoms with Crippen molar-refractivity contribution in [2.45, 2.75) is 38.0 Å². The fraction of sp³-hybridized carbons (Fsp3) is 0.625. The third-order valence-corrected chi connectivity index (χ3v) is 5.50. The van der Waals surface area contributed by atoms with Crippen LogP contribution in [-0.4, -0.2) is 43.1 Å². The van der Waals surface area contributed by atoms with Gasteiger partial charge in [0, 0.05) is 18.3 Å². The van der Waals surface area contributed by atoms with E-state index in [9.17, 15) is 4.79 Å². The second kappa shape index (κ2) is 9.55. The number of thioether (sulfide) groups is 1. The summed E-state index contributed by atoms with van der Waals surface area (Å²) in [4.78, 5) is 15.8. The van der Waals surface area contributed by atoms with Gasteiger partial charge >= 0.3 is 5.97 Å². The Hall–Kier alpha value is -0.900. The van der Waals surface area contributed by atoms with Crippen molar-refractivity contribution in [1.82, 2.24) is 10.6 Å². The van der Waals surface area contributed by atoms with E-state index in [1.54, 1.807) is 20.0 Å². The van der Waals surface area contributed by atoms with Gasteiger partial charge in [-0.2, -0.15) is 11.8 Å². The molecule has 8 heteroatoms. The number of carbonyl (C=O) groups is 1. The smallest absolute Gasteiger partial charge is 0.341 e. The molecule has 136 valence electrons. The lowest BCUT2D eigenvalue weighted by molar-refractivity contribution is 0.0599. The topological polar surface area (TPSA) is 75.9 Å². The van der Waals surface area contributed by atoms with Crippen LogP contribution in [0, 0.1) is 6.92 Å². The number of nitrogens with one attached hydrogen (secondary N) is 2. The minimum absolute atomic E-state index is 0. The number of esters is 1. The second-order valence-corrected chi connectivity index (χ2v) is 7.54. The molecule has 0 saturated carbocycles. The molecule has 1 aromatic heterocycles. The van der Waals surface area contributed by atoms with Crippen LogP contribution in [0.5, 0.6) is 0 Å². The molecule has 2 N–H and O–H groups in total. The molecule has 0 radical (unpaired) electrons. The van der Waals surface area contributed by atoms with Crippen molar-refractivity contribution < 1.29 is 13.9 Å². The number of ether oxygens (including phenoxy) is 1. The fourth-order valence-corrected chi connectivity index (χ4v) is 3.83. The van der Waals surface area contributed by atoms with Crippen LogP contribution in [0.15, 0.2) is 15.5 Å². The zero-order chi connectivity index (χ0) is 16.9. The van der Waals surface area contributed by atoms with Crippen molar-refractivity contribution in [3.8, 4) is 0 Å². The number of carbonyl (C=O) groups excluding carboxylic acids is 1. The number of nitrogens with zero attached hydrogens (tertiary/aromatic N) is 1. The number of hydrogen-bond donors (Lipinski definition) is 2. The lowest BCUT2D eigenvalue weighted by atomic mass is 10.1. The Labute approximate surface area is 164 Å². The molecule has 0 spiro atoms. The maximum Gasteiger partial charge on any atom is 0.341 e. The summed E-state index contributed by atoms with van der Waals surface area (Å²) in [6, 6.07) is 1.70. The van der Waals surface area contributed by atoms with Crippen molar-refractivity contribution in [3.63, 3.8) is 0 Å². The van der Waals surface area contributed by atoms with Gasteiger partial charge in [0.2, 0.25) is 0 Å². The van der Waals surface area contributed by atoms with E-state index in [0.717, 1.165) is 12.5 Å². The summed E-state index contributed by atoms with van der Waals surface area (Å²) < 4.78 is 10.6. The molecule has 1 aliphatic heterocycles. The summed E-state index contributed by atoms with van der Waals surface area (Å²) in [5.41, 5.74) is 0.460. The summed E-state index contributed by atoms with van der Waals surface area (Å²) in [6.07, 6.45) is 2.50. The summed E-state index contributed by atoms with van der Waals surface area (Å²) >= 11 is 2.01. The van der Waals surface area contributed by atoms with Gasteiger partial charge in [0.05, 0.1) is 13.7 Å². The van der Waals surface area contributed by atoms with Crippen LogP contribution >= 0.6 is 35.7 Å². The molecule has 0 amide bonds. The molecule has 6 nitrogen and oxygen atoms in total. The lowest BCUT2D eigenvalue weighted by Crippen LogP contribution is -2.43. The highest BCUT2D eigenvalue weighted by Crippen LogP contribution is 2.36. The molecule has 1 aliphatic rings. The maximum atomic E-state index is 11.6. The quantitative estimate of drug-likeness (QED) is 0.300. The minimum Gasteiger partial charge on any atom is -0.465 e. The van der Waals surface area contributed by atoms with Crippen molar-refractivity contribution in [3.05, 3.63) is 23.2 Å². The maximum absolute atomic E-state index is 11.6. The molecule has 1 atom stereocenters. The van der Waals surface area contributed by atoms with E-state index in [4.69, 9.17) is 9.15 Å². The molecule has 0 bridgehead atoms. The van der Waals surface area contributed by atoms with Gasteiger partial charge in [0.1, 0.15) is 17.1 Å². The van der Waals surface area contributed by atoms with E-state index >= 15 is 0 Å². The number of guanidine groups is 1. The van der Waals surface area contributed by atoms with E-state index in [1.165, 1.54) is 25.7 Å². The number of hydrogen-bond acceptors (Lipinski definition) is 5. The second-order valence-electron chi connectivity index (χ2n) is 5.86. The molecule has 0 aliphatic carbocycles. The van der Waals surface area contributed by atoms with Gasteiger partial charge in [-0.3, -0.25) is 4.99 Å². The normalized spacial score (nSPS) is 20.4. The first-order chi connectivity index (χ1) is 11.0. The van der Waals surface area contributed by atoms with Gasteiger partial charge in [-0.25, -0.2) is 4.79 Å². The predicted octanol–water partition coefficient (Wildman–Crippen LogP) is 2.94. The van der Waals surface area contributed by atoms with Crippen LogP contribution in [0.3, 0.4) is 0 Å². The Bertz CT molecular complexity index is 583. The van der Waals surface area contributed by atoms with Crippen molar-refractivity contribution in [1.29, 1.82) is 0 Å². The molecule has 2 rings (SSSR count). The molecule has 24 heavy (non-hydrogen) atoms.